The Hall–Kier alpha value is -1.22. The van der Waals surface area contributed by atoms with Gasteiger partial charge in [0.2, 0.25) is 5.95 Å². The number of nitrogens with zero attached hydrogens (tertiary/aromatic N) is 2. The van der Waals surface area contributed by atoms with Crippen LogP contribution in [0.1, 0.15) is 19.3 Å². The largest absolute Gasteiger partial charge is 0.369 e. The summed E-state index contributed by atoms with van der Waals surface area (Å²) in [5, 5.41) is 0.734. The molecule has 84 valence electrons. The molecule has 0 aliphatic heterocycles. The van der Waals surface area contributed by atoms with Gasteiger partial charge < -0.3 is 10.3 Å². The molecule has 1 heterocycles. The summed E-state index contributed by atoms with van der Waals surface area (Å²) in [6.45, 7) is 0.927. The van der Waals surface area contributed by atoms with Crippen LogP contribution in [0.5, 0.6) is 0 Å². The van der Waals surface area contributed by atoms with Crippen LogP contribution in [-0.4, -0.2) is 9.55 Å². The maximum Gasteiger partial charge on any atom is 0.201 e. The molecule has 1 fully saturated rings. The van der Waals surface area contributed by atoms with Crippen LogP contribution in [0.25, 0.3) is 11.0 Å². The van der Waals surface area contributed by atoms with Crippen LogP contribution in [0.3, 0.4) is 0 Å². The van der Waals surface area contributed by atoms with Crippen LogP contribution >= 0.6 is 11.6 Å². The predicted molar refractivity (Wildman–Crippen MR) is 66.5 cm³/mol. The van der Waals surface area contributed by atoms with Crippen LogP contribution in [0, 0.1) is 5.92 Å². The first-order chi connectivity index (χ1) is 7.75. The second kappa shape index (κ2) is 3.67. The molecular formula is C12H14ClN3. The molecule has 1 aliphatic carbocycles. The van der Waals surface area contributed by atoms with E-state index in [1.807, 2.05) is 22.8 Å². The quantitative estimate of drug-likeness (QED) is 0.889. The average Bonchev–Trinajstić information content (AvgIpc) is 3.00. The summed E-state index contributed by atoms with van der Waals surface area (Å²) in [6.07, 6.45) is 3.90. The number of imidazole rings is 1. The van der Waals surface area contributed by atoms with E-state index in [1.54, 1.807) is 0 Å². The second-order valence-electron chi connectivity index (χ2n) is 4.46. The molecule has 0 unspecified atom stereocenters. The zero-order chi connectivity index (χ0) is 11.1. The Labute approximate surface area is 99.2 Å². The molecule has 4 heteroatoms. The van der Waals surface area contributed by atoms with Crippen LogP contribution in [0.15, 0.2) is 18.2 Å². The highest BCUT2D eigenvalue weighted by atomic mass is 35.5. The van der Waals surface area contributed by atoms with Crippen molar-refractivity contribution in [3.8, 4) is 0 Å². The van der Waals surface area contributed by atoms with Gasteiger partial charge in [0, 0.05) is 6.54 Å². The number of fused-ring (bicyclic) bond motifs is 1. The van der Waals surface area contributed by atoms with Gasteiger partial charge >= 0.3 is 0 Å². The third kappa shape index (κ3) is 1.65. The van der Waals surface area contributed by atoms with E-state index in [1.165, 1.54) is 19.3 Å². The number of benzene rings is 1. The Morgan fingerprint density at radius 2 is 2.25 bits per heavy atom. The first kappa shape index (κ1) is 9.97. The van der Waals surface area contributed by atoms with Gasteiger partial charge in [-0.15, -0.1) is 0 Å². The number of anilines is 1. The van der Waals surface area contributed by atoms with E-state index in [0.29, 0.717) is 5.95 Å². The lowest BCUT2D eigenvalue weighted by Crippen LogP contribution is -2.04. The number of aryl methyl sites for hydroxylation is 1. The SMILES string of the molecule is Nc1nc2cccc(Cl)c2n1CCC1CC1. The van der Waals surface area contributed by atoms with E-state index in [4.69, 9.17) is 17.3 Å². The Morgan fingerprint density at radius 1 is 1.44 bits per heavy atom. The molecule has 0 bridgehead atoms. The monoisotopic (exact) mass is 235 g/mol. The highest BCUT2D eigenvalue weighted by Crippen LogP contribution is 2.34. The topological polar surface area (TPSA) is 43.8 Å². The van der Waals surface area contributed by atoms with Gasteiger partial charge in [0.15, 0.2) is 0 Å². The summed E-state index contributed by atoms with van der Waals surface area (Å²) >= 11 is 6.19. The van der Waals surface area contributed by atoms with Crippen molar-refractivity contribution in [2.24, 2.45) is 5.92 Å². The molecule has 1 aromatic carbocycles. The molecule has 1 aromatic heterocycles. The lowest BCUT2D eigenvalue weighted by molar-refractivity contribution is 0.614. The van der Waals surface area contributed by atoms with Crippen molar-refractivity contribution >= 4 is 28.6 Å². The Balaban J connectivity index is 2.02. The third-order valence-electron chi connectivity index (χ3n) is 3.20. The van der Waals surface area contributed by atoms with Crippen molar-refractivity contribution in [1.82, 2.24) is 9.55 Å². The first-order valence-electron chi connectivity index (χ1n) is 5.66. The summed E-state index contributed by atoms with van der Waals surface area (Å²) in [5.74, 6) is 1.46. The number of aromatic nitrogens is 2. The molecule has 2 aromatic rings. The van der Waals surface area contributed by atoms with Gasteiger partial charge in [-0.25, -0.2) is 4.98 Å². The van der Waals surface area contributed by atoms with Crippen LogP contribution in [-0.2, 0) is 6.54 Å². The maximum absolute atomic E-state index is 6.19. The molecule has 0 atom stereocenters. The Kier molecular flexibility index (Phi) is 2.28. The van der Waals surface area contributed by atoms with E-state index in [-0.39, 0.29) is 0 Å². The van der Waals surface area contributed by atoms with Gasteiger partial charge in [0.1, 0.15) is 0 Å². The van der Waals surface area contributed by atoms with Crippen molar-refractivity contribution in [2.75, 3.05) is 5.73 Å². The van der Waals surface area contributed by atoms with Crippen molar-refractivity contribution < 1.29 is 0 Å². The van der Waals surface area contributed by atoms with Crippen molar-refractivity contribution in [2.45, 2.75) is 25.8 Å². The lowest BCUT2D eigenvalue weighted by atomic mass is 10.2. The molecule has 0 saturated heterocycles. The van der Waals surface area contributed by atoms with Crippen molar-refractivity contribution in [3.05, 3.63) is 23.2 Å². The minimum absolute atomic E-state index is 0.573. The summed E-state index contributed by atoms with van der Waals surface area (Å²) in [7, 11) is 0. The normalized spacial score (nSPS) is 15.8. The standard InChI is InChI=1S/C12H14ClN3/c13-9-2-1-3-10-11(9)16(12(14)15-10)7-6-8-4-5-8/h1-3,8H,4-7H2,(H2,14,15). The van der Waals surface area contributed by atoms with Crippen LogP contribution in [0.2, 0.25) is 5.02 Å². The molecule has 0 amide bonds. The number of rotatable bonds is 3. The minimum atomic E-state index is 0.573. The molecule has 2 N–H and O–H groups in total. The number of nitrogens with two attached hydrogens (primary N) is 1. The third-order valence-corrected chi connectivity index (χ3v) is 3.51. The zero-order valence-electron chi connectivity index (χ0n) is 8.99. The fourth-order valence-electron chi connectivity index (χ4n) is 2.10. The number of hydrogen-bond acceptors (Lipinski definition) is 2. The number of hydrogen-bond donors (Lipinski definition) is 1. The Morgan fingerprint density at radius 3 is 3.00 bits per heavy atom. The van der Waals surface area contributed by atoms with Crippen LogP contribution < -0.4 is 5.73 Å². The highest BCUT2D eigenvalue weighted by Gasteiger charge is 2.21. The van der Waals surface area contributed by atoms with E-state index in [2.05, 4.69) is 4.98 Å². The van der Waals surface area contributed by atoms with Gasteiger partial charge in [0.05, 0.1) is 16.1 Å². The van der Waals surface area contributed by atoms with E-state index in [9.17, 15) is 0 Å². The molecular weight excluding hydrogens is 222 g/mol. The fraction of sp³-hybridized carbons (Fsp3) is 0.417. The second-order valence-corrected chi connectivity index (χ2v) is 4.87. The highest BCUT2D eigenvalue weighted by molar-refractivity contribution is 6.35. The first-order valence-corrected chi connectivity index (χ1v) is 6.04. The number of nitrogen functional groups attached to an aromatic ring is 1. The maximum atomic E-state index is 6.19. The van der Waals surface area contributed by atoms with Gasteiger partial charge in [-0.1, -0.05) is 30.5 Å². The average molecular weight is 236 g/mol. The Bertz CT molecular complexity index is 528. The molecule has 1 saturated carbocycles. The molecule has 1 aliphatic rings. The summed E-state index contributed by atoms with van der Waals surface area (Å²) in [4.78, 5) is 4.33. The fourth-order valence-corrected chi connectivity index (χ4v) is 2.38. The lowest BCUT2D eigenvalue weighted by Gasteiger charge is -2.06. The van der Waals surface area contributed by atoms with Gasteiger partial charge in [-0.2, -0.15) is 0 Å². The summed E-state index contributed by atoms with van der Waals surface area (Å²) < 4.78 is 2.04. The van der Waals surface area contributed by atoms with Gasteiger partial charge in [-0.3, -0.25) is 0 Å². The summed E-state index contributed by atoms with van der Waals surface area (Å²) in [6, 6.07) is 5.74. The summed E-state index contributed by atoms with van der Waals surface area (Å²) in [5.41, 5.74) is 7.79. The van der Waals surface area contributed by atoms with Gasteiger partial charge in [-0.05, 0) is 24.5 Å². The van der Waals surface area contributed by atoms with Crippen molar-refractivity contribution in [1.29, 1.82) is 0 Å². The number of para-hydroxylation sites is 1. The minimum Gasteiger partial charge on any atom is -0.369 e. The molecule has 3 rings (SSSR count). The van der Waals surface area contributed by atoms with E-state index in [0.717, 1.165) is 28.5 Å². The molecule has 3 nitrogen and oxygen atoms in total. The predicted octanol–water partition coefficient (Wildman–Crippen LogP) is 3.07. The number of halogens is 1. The van der Waals surface area contributed by atoms with Gasteiger partial charge in [0.25, 0.3) is 0 Å². The molecule has 0 radical (unpaired) electrons. The molecule has 16 heavy (non-hydrogen) atoms. The zero-order valence-corrected chi connectivity index (χ0v) is 9.74. The molecule has 0 spiro atoms. The van der Waals surface area contributed by atoms with E-state index < -0.39 is 0 Å². The van der Waals surface area contributed by atoms with Crippen molar-refractivity contribution in [3.63, 3.8) is 0 Å². The van der Waals surface area contributed by atoms with E-state index >= 15 is 0 Å². The van der Waals surface area contributed by atoms with Crippen LogP contribution in [0.4, 0.5) is 5.95 Å². The smallest absolute Gasteiger partial charge is 0.201 e.